The normalized spacial score (nSPS) is 19.8. The minimum atomic E-state index is -0.374. The average Bonchev–Trinajstić information content (AvgIpc) is 3.95. The van der Waals surface area contributed by atoms with Crippen molar-refractivity contribution in [2.75, 3.05) is 71.3 Å². The minimum absolute atomic E-state index is 0.0236. The molecule has 71 heavy (non-hydrogen) atoms. The number of pyridine rings is 1. The molecule has 1 aromatic heterocycles. The highest BCUT2D eigenvalue weighted by molar-refractivity contribution is 8.01. The van der Waals surface area contributed by atoms with Gasteiger partial charge in [0.15, 0.2) is 6.29 Å². The van der Waals surface area contributed by atoms with Gasteiger partial charge in [-0.15, -0.1) is 11.8 Å². The Morgan fingerprint density at radius 1 is 0.817 bits per heavy atom. The number of thioether (sulfide) groups is 1. The second-order valence-corrected chi connectivity index (χ2v) is 20.4. The predicted octanol–water partition coefficient (Wildman–Crippen LogP) is 5.65. The molecule has 19 heteroatoms. The lowest BCUT2D eigenvalue weighted by Crippen LogP contribution is -2.53. The summed E-state index contributed by atoms with van der Waals surface area (Å²) >= 11 is 1.51. The summed E-state index contributed by atoms with van der Waals surface area (Å²) in [6, 6.07) is 9.53. The Kier molecular flexibility index (Phi) is 16.2. The number of carbonyl (C=O) groups excluding carboxylic acids is 5. The van der Waals surface area contributed by atoms with Crippen molar-refractivity contribution in [2.24, 2.45) is 9.98 Å². The highest BCUT2D eigenvalue weighted by Gasteiger charge is 2.36. The summed E-state index contributed by atoms with van der Waals surface area (Å²) in [7, 11) is 0. The van der Waals surface area contributed by atoms with Crippen LogP contribution in [0.5, 0.6) is 17.2 Å². The Balaban J connectivity index is 0.947. The number of carbonyl (C=O) groups is 5. The summed E-state index contributed by atoms with van der Waals surface area (Å²) in [6.45, 7) is 14.7. The number of rotatable bonds is 18. The van der Waals surface area contributed by atoms with Crippen LogP contribution in [0.15, 0.2) is 69.7 Å². The first kappa shape index (κ1) is 50.8. The first-order chi connectivity index (χ1) is 34.3. The number of nitrogens with one attached hydrogen (secondary N) is 2. The van der Waals surface area contributed by atoms with Crippen molar-refractivity contribution in [3.8, 4) is 17.2 Å². The van der Waals surface area contributed by atoms with Crippen LogP contribution in [-0.4, -0.2) is 160 Å². The van der Waals surface area contributed by atoms with Crippen molar-refractivity contribution in [2.45, 2.75) is 84.1 Å². The molecule has 0 spiro atoms. The van der Waals surface area contributed by atoms with Crippen molar-refractivity contribution in [1.29, 1.82) is 0 Å². The molecular weight excluding hydrogens is 927 g/mol. The van der Waals surface area contributed by atoms with Gasteiger partial charge < -0.3 is 44.7 Å². The Labute approximate surface area is 418 Å². The van der Waals surface area contributed by atoms with Crippen LogP contribution in [0, 0.1) is 0 Å². The molecule has 0 unspecified atom stereocenters. The topological polar surface area (TPSA) is 208 Å². The van der Waals surface area contributed by atoms with Crippen molar-refractivity contribution in [3.63, 3.8) is 0 Å². The smallest absolute Gasteiger partial charge is 0.317 e. The largest absolute Gasteiger partial charge is 0.492 e. The van der Waals surface area contributed by atoms with E-state index in [0.717, 1.165) is 12.0 Å². The molecule has 0 aliphatic carbocycles. The molecule has 6 heterocycles. The molecule has 2 aromatic carbocycles. The Hall–Kier alpha value is -6.57. The molecule has 0 bridgehead atoms. The Morgan fingerprint density at radius 3 is 1.99 bits per heavy atom. The number of hydrogen-bond donors (Lipinski definition) is 3. The molecule has 5 amide bonds. The number of amides is 5. The molecule has 3 N–H and O–H groups in total. The van der Waals surface area contributed by atoms with E-state index in [1.165, 1.54) is 23.4 Å². The number of aliphatic hydroxyl groups excluding tert-OH is 1. The number of hydrogen-bond acceptors (Lipinski definition) is 14. The van der Waals surface area contributed by atoms with Gasteiger partial charge in [0.05, 0.1) is 63.9 Å². The lowest BCUT2D eigenvalue weighted by Gasteiger charge is -2.35. The molecule has 5 aliphatic rings. The van der Waals surface area contributed by atoms with E-state index in [9.17, 15) is 29.1 Å². The molecule has 3 saturated heterocycles. The summed E-state index contributed by atoms with van der Waals surface area (Å²) in [6.07, 6.45) is 9.71. The van der Waals surface area contributed by atoms with Crippen LogP contribution in [0.25, 0.3) is 0 Å². The second kappa shape index (κ2) is 22.7. The molecule has 0 radical (unpaired) electrons. The monoisotopic (exact) mass is 989 g/mol. The third kappa shape index (κ3) is 12.1. The fraction of sp³-hybridized carbons (Fsp3) is 0.462. The van der Waals surface area contributed by atoms with Crippen LogP contribution >= 0.6 is 11.8 Å². The zero-order valence-corrected chi connectivity index (χ0v) is 41.9. The van der Waals surface area contributed by atoms with Gasteiger partial charge in [0, 0.05) is 106 Å². The van der Waals surface area contributed by atoms with Gasteiger partial charge in [0.2, 0.25) is 5.91 Å². The predicted molar refractivity (Wildman–Crippen MR) is 272 cm³/mol. The van der Waals surface area contributed by atoms with Gasteiger partial charge in [-0.3, -0.25) is 39.0 Å². The van der Waals surface area contributed by atoms with E-state index in [1.807, 2.05) is 46.8 Å². The molecule has 0 saturated carbocycles. The van der Waals surface area contributed by atoms with Crippen LogP contribution in [0.1, 0.15) is 95.5 Å². The minimum Gasteiger partial charge on any atom is -0.492 e. The summed E-state index contributed by atoms with van der Waals surface area (Å²) in [5.41, 5.74) is 5.49. The van der Waals surface area contributed by atoms with Crippen LogP contribution < -0.4 is 24.8 Å². The average molecular weight is 990 g/mol. The first-order valence-electron chi connectivity index (χ1n) is 24.2. The zero-order valence-electron chi connectivity index (χ0n) is 41.1. The number of aromatic nitrogens is 1. The Bertz CT molecular complexity index is 2660. The van der Waals surface area contributed by atoms with E-state index in [4.69, 9.17) is 19.2 Å². The number of nitrogens with zero attached hydrogens (tertiary/aromatic N) is 7. The number of benzene rings is 2. The lowest BCUT2D eigenvalue weighted by atomic mass is 10.1. The summed E-state index contributed by atoms with van der Waals surface area (Å²) < 4.78 is 18.6. The van der Waals surface area contributed by atoms with E-state index < -0.39 is 0 Å². The first-order valence-corrected chi connectivity index (χ1v) is 25.2. The highest BCUT2D eigenvalue weighted by Crippen LogP contribution is 2.37. The summed E-state index contributed by atoms with van der Waals surface area (Å²) in [4.78, 5) is 86.7. The maximum absolute atomic E-state index is 13.7. The SMILES string of the molecule is C/C=C1\C[C@H]2C=Nc3cc(OCc4cc(OCCN5CCN(C(=O)NCC(C)(C)SCC(=O)NCC)CC5)cc(COc5cc6c(cc5CO)C(=O)N5C/C(=C/C)C[C@H]5C=N6)n4)c(C=O)cc3C(=O)N2C1. The van der Waals surface area contributed by atoms with Crippen LogP contribution in [0.4, 0.5) is 16.2 Å². The summed E-state index contributed by atoms with van der Waals surface area (Å²) in [5, 5.41) is 16.3. The van der Waals surface area contributed by atoms with Gasteiger partial charge in [0.25, 0.3) is 11.8 Å². The van der Waals surface area contributed by atoms with Crippen LogP contribution in [-0.2, 0) is 24.6 Å². The maximum Gasteiger partial charge on any atom is 0.317 e. The van der Waals surface area contributed by atoms with Gasteiger partial charge in [-0.25, -0.2) is 4.79 Å². The van der Waals surface area contributed by atoms with Gasteiger partial charge in [-0.2, -0.15) is 0 Å². The molecule has 2 atom stereocenters. The quantitative estimate of drug-likeness (QED) is 0.104. The number of allylic oxidation sites excluding steroid dienone is 2. The number of ether oxygens (including phenoxy) is 3. The maximum atomic E-state index is 13.7. The molecule has 8 rings (SSSR count). The van der Waals surface area contributed by atoms with Gasteiger partial charge in [-0.05, 0) is 59.6 Å². The van der Waals surface area contributed by atoms with Gasteiger partial charge in [0.1, 0.15) is 37.1 Å². The van der Waals surface area contributed by atoms with E-state index in [0.29, 0.717) is 135 Å². The number of aliphatic imine (C=N–C) groups is 2. The fourth-order valence-electron chi connectivity index (χ4n) is 9.14. The van der Waals surface area contributed by atoms with Crippen LogP contribution in [0.3, 0.4) is 0 Å². The van der Waals surface area contributed by atoms with Crippen molar-refractivity contribution < 1.29 is 43.3 Å². The number of aliphatic hydroxyl groups is 1. The third-order valence-electron chi connectivity index (χ3n) is 13.3. The second-order valence-electron chi connectivity index (χ2n) is 18.7. The third-order valence-corrected chi connectivity index (χ3v) is 14.6. The summed E-state index contributed by atoms with van der Waals surface area (Å²) in [5.74, 6) is 1.05. The number of piperazine rings is 1. The van der Waals surface area contributed by atoms with Gasteiger partial charge >= 0.3 is 6.03 Å². The van der Waals surface area contributed by atoms with Crippen molar-refractivity contribution in [3.05, 3.63) is 93.3 Å². The zero-order chi connectivity index (χ0) is 50.2. The lowest BCUT2D eigenvalue weighted by molar-refractivity contribution is -0.118. The Morgan fingerprint density at radius 2 is 1.41 bits per heavy atom. The van der Waals surface area contributed by atoms with Crippen LogP contribution in [0.2, 0.25) is 0 Å². The van der Waals surface area contributed by atoms with E-state index in [-0.39, 0.29) is 71.7 Å². The standard InChI is InChI=1S/C52H63N9O9S/c1-6-33-15-39-23-54-44-21-46(35(27-62)17-42(44)49(65)60(39)25-33)69-29-37-19-41(68-14-13-58-9-11-59(12-10-58)51(67)56-32-52(4,5)71-31-48(64)53-8-3)20-38(57-37)30-70-47-22-45-43(18-36(47)28-63)50(66)61-26-34(7-2)16-40(61)24-55-45/h6-7,17-24,27,39-40,63H,8-16,25-26,28-32H2,1-5H3,(H,53,64)(H,56,67)/b33-6+,34-7+/t39-,40-/m0/s1. The molecule has 3 aromatic rings. The molecule has 376 valence electrons. The molecular formula is C52H63N9O9S. The van der Waals surface area contributed by atoms with Crippen molar-refractivity contribution >= 4 is 65.6 Å². The molecule has 5 aliphatic heterocycles. The van der Waals surface area contributed by atoms with Crippen molar-refractivity contribution in [1.82, 2.24) is 35.2 Å². The molecule has 18 nitrogen and oxygen atoms in total. The van der Waals surface area contributed by atoms with Gasteiger partial charge in [-0.1, -0.05) is 23.3 Å². The van der Waals surface area contributed by atoms with E-state index in [1.54, 1.807) is 57.5 Å². The highest BCUT2D eigenvalue weighted by atomic mass is 32.2. The number of aldehydes is 1. The fourth-order valence-corrected chi connectivity index (χ4v) is 9.94. The van der Waals surface area contributed by atoms with E-state index >= 15 is 0 Å². The van der Waals surface area contributed by atoms with E-state index in [2.05, 4.69) is 25.5 Å². The number of fused-ring (bicyclic) bond motifs is 4. The molecule has 3 fully saturated rings. The number of urea groups is 1.